The smallest absolute Gasteiger partial charge is 0.251 e. The van der Waals surface area contributed by atoms with E-state index in [1.807, 2.05) is 31.2 Å². The third kappa shape index (κ3) is 4.41. The minimum absolute atomic E-state index is 0.147. The van der Waals surface area contributed by atoms with E-state index in [2.05, 4.69) is 5.32 Å². The highest BCUT2D eigenvalue weighted by atomic mass is 16.5. The molecule has 5 nitrogen and oxygen atoms in total. The van der Waals surface area contributed by atoms with Gasteiger partial charge in [0.05, 0.1) is 20.8 Å². The third-order valence-electron chi connectivity index (χ3n) is 3.60. The number of hydrogen-bond acceptors (Lipinski definition) is 4. The first kappa shape index (κ1) is 17.7. The number of carbonyl (C=O) groups excluding carboxylic acids is 1. The summed E-state index contributed by atoms with van der Waals surface area (Å²) in [4.78, 5) is 12.3. The number of nitrogens with one attached hydrogen (secondary N) is 1. The lowest BCUT2D eigenvalue weighted by Gasteiger charge is -2.12. The largest absolute Gasteiger partial charge is 0.496 e. The monoisotopic (exact) mass is 329 g/mol. The van der Waals surface area contributed by atoms with E-state index in [4.69, 9.17) is 14.2 Å². The third-order valence-corrected chi connectivity index (χ3v) is 3.60. The van der Waals surface area contributed by atoms with Crippen LogP contribution in [0.2, 0.25) is 0 Å². The summed E-state index contributed by atoms with van der Waals surface area (Å²) in [6.45, 7) is 2.97. The molecule has 0 bridgehead atoms. The van der Waals surface area contributed by atoms with Crippen molar-refractivity contribution in [3.05, 3.63) is 53.6 Å². The molecule has 0 aliphatic rings. The number of methoxy groups -OCH3 is 2. The Morgan fingerprint density at radius 1 is 1.00 bits per heavy atom. The number of benzene rings is 2. The summed E-state index contributed by atoms with van der Waals surface area (Å²) in [6.07, 6.45) is 0.698. The van der Waals surface area contributed by atoms with Crippen LogP contribution >= 0.6 is 0 Å². The molecule has 1 amide bonds. The van der Waals surface area contributed by atoms with E-state index in [1.165, 1.54) is 0 Å². The van der Waals surface area contributed by atoms with E-state index in [0.717, 1.165) is 11.3 Å². The summed E-state index contributed by atoms with van der Waals surface area (Å²) in [5.41, 5.74) is 1.60. The molecule has 0 fully saturated rings. The Hall–Kier alpha value is -2.69. The van der Waals surface area contributed by atoms with Gasteiger partial charge in [0, 0.05) is 12.1 Å². The van der Waals surface area contributed by atoms with Gasteiger partial charge in [0.25, 0.3) is 5.91 Å². The van der Waals surface area contributed by atoms with Crippen LogP contribution in [-0.4, -0.2) is 33.3 Å². The van der Waals surface area contributed by atoms with Gasteiger partial charge in [-0.1, -0.05) is 18.2 Å². The van der Waals surface area contributed by atoms with Gasteiger partial charge >= 0.3 is 0 Å². The summed E-state index contributed by atoms with van der Waals surface area (Å²) in [6, 6.07) is 12.9. The van der Waals surface area contributed by atoms with E-state index in [-0.39, 0.29) is 5.91 Å². The van der Waals surface area contributed by atoms with E-state index in [1.54, 1.807) is 32.4 Å². The van der Waals surface area contributed by atoms with Gasteiger partial charge in [-0.05, 0) is 43.2 Å². The summed E-state index contributed by atoms with van der Waals surface area (Å²) in [5, 5.41) is 2.91. The molecule has 0 heterocycles. The first-order valence-corrected chi connectivity index (χ1v) is 7.90. The number of ether oxygens (including phenoxy) is 3. The molecule has 24 heavy (non-hydrogen) atoms. The maximum absolute atomic E-state index is 12.3. The number of hydrogen-bond donors (Lipinski definition) is 1. The lowest BCUT2D eigenvalue weighted by atomic mass is 10.1. The van der Waals surface area contributed by atoms with Gasteiger partial charge in [0.15, 0.2) is 11.5 Å². The van der Waals surface area contributed by atoms with Crippen molar-refractivity contribution in [1.82, 2.24) is 5.32 Å². The summed E-state index contributed by atoms with van der Waals surface area (Å²) in [5.74, 6) is 1.86. The van der Waals surface area contributed by atoms with Gasteiger partial charge in [0.1, 0.15) is 5.75 Å². The van der Waals surface area contributed by atoms with Crippen molar-refractivity contribution >= 4 is 5.91 Å². The topological polar surface area (TPSA) is 56.8 Å². The molecule has 2 aromatic rings. The first-order chi connectivity index (χ1) is 11.7. The van der Waals surface area contributed by atoms with Crippen LogP contribution in [0.5, 0.6) is 17.2 Å². The van der Waals surface area contributed by atoms with E-state index in [9.17, 15) is 4.79 Å². The van der Waals surface area contributed by atoms with Crippen molar-refractivity contribution in [3.8, 4) is 17.2 Å². The molecule has 128 valence electrons. The molecule has 0 saturated heterocycles. The molecule has 0 unspecified atom stereocenters. The molecule has 0 spiro atoms. The second kappa shape index (κ2) is 8.82. The van der Waals surface area contributed by atoms with Gasteiger partial charge in [0.2, 0.25) is 0 Å². The zero-order valence-electron chi connectivity index (χ0n) is 14.3. The molecular weight excluding hydrogens is 306 g/mol. The molecule has 2 aromatic carbocycles. The number of amides is 1. The number of rotatable bonds is 8. The van der Waals surface area contributed by atoms with Crippen molar-refractivity contribution < 1.29 is 19.0 Å². The molecule has 0 aromatic heterocycles. The lowest BCUT2D eigenvalue weighted by Crippen LogP contribution is -2.25. The second-order valence-corrected chi connectivity index (χ2v) is 5.12. The van der Waals surface area contributed by atoms with Crippen molar-refractivity contribution in [2.45, 2.75) is 13.3 Å². The van der Waals surface area contributed by atoms with Gasteiger partial charge in [-0.25, -0.2) is 0 Å². The normalized spacial score (nSPS) is 10.1. The van der Waals surface area contributed by atoms with Crippen LogP contribution < -0.4 is 19.5 Å². The maximum atomic E-state index is 12.3. The predicted octanol–water partition coefficient (Wildman–Crippen LogP) is 3.08. The minimum atomic E-state index is -0.147. The Bertz CT molecular complexity index is 685. The van der Waals surface area contributed by atoms with E-state index in [0.29, 0.717) is 36.6 Å². The quantitative estimate of drug-likeness (QED) is 0.809. The van der Waals surface area contributed by atoms with Crippen LogP contribution in [0.25, 0.3) is 0 Å². The minimum Gasteiger partial charge on any atom is -0.496 e. The standard InChI is InChI=1S/C19H23NO4/c1-4-24-17-10-9-15(13-18(17)23-3)19(21)20-12-11-14-7-5-6-8-16(14)22-2/h5-10,13H,4,11-12H2,1-3H3,(H,20,21). The highest BCUT2D eigenvalue weighted by Crippen LogP contribution is 2.28. The molecule has 0 aliphatic carbocycles. The number of para-hydroxylation sites is 1. The SMILES string of the molecule is CCOc1ccc(C(=O)NCCc2ccccc2OC)cc1OC. The molecule has 1 N–H and O–H groups in total. The molecule has 0 atom stereocenters. The molecule has 0 saturated carbocycles. The van der Waals surface area contributed by atoms with Crippen LogP contribution in [0.4, 0.5) is 0 Å². The van der Waals surface area contributed by atoms with Crippen LogP contribution in [0.15, 0.2) is 42.5 Å². The second-order valence-electron chi connectivity index (χ2n) is 5.12. The predicted molar refractivity (Wildman–Crippen MR) is 93.2 cm³/mol. The average Bonchev–Trinajstić information content (AvgIpc) is 2.62. The lowest BCUT2D eigenvalue weighted by molar-refractivity contribution is 0.0953. The first-order valence-electron chi connectivity index (χ1n) is 7.90. The van der Waals surface area contributed by atoms with Crippen LogP contribution in [0, 0.1) is 0 Å². The highest BCUT2D eigenvalue weighted by Gasteiger charge is 2.11. The molecular formula is C19H23NO4. The summed E-state index contributed by atoms with van der Waals surface area (Å²) >= 11 is 0. The molecule has 0 aliphatic heterocycles. The Morgan fingerprint density at radius 2 is 1.75 bits per heavy atom. The van der Waals surface area contributed by atoms with Crippen LogP contribution in [0.1, 0.15) is 22.8 Å². The zero-order chi connectivity index (χ0) is 17.4. The Morgan fingerprint density at radius 3 is 2.46 bits per heavy atom. The van der Waals surface area contributed by atoms with E-state index >= 15 is 0 Å². The summed E-state index contributed by atoms with van der Waals surface area (Å²) in [7, 11) is 3.20. The fourth-order valence-electron chi connectivity index (χ4n) is 2.41. The van der Waals surface area contributed by atoms with Crippen molar-refractivity contribution in [2.24, 2.45) is 0 Å². The Labute approximate surface area is 142 Å². The Kier molecular flexibility index (Phi) is 6.49. The zero-order valence-corrected chi connectivity index (χ0v) is 14.3. The fraction of sp³-hybridized carbons (Fsp3) is 0.316. The average molecular weight is 329 g/mol. The number of carbonyl (C=O) groups is 1. The Balaban J connectivity index is 1.97. The highest BCUT2D eigenvalue weighted by molar-refractivity contribution is 5.94. The van der Waals surface area contributed by atoms with E-state index < -0.39 is 0 Å². The molecule has 0 radical (unpaired) electrons. The van der Waals surface area contributed by atoms with Crippen molar-refractivity contribution in [2.75, 3.05) is 27.4 Å². The van der Waals surface area contributed by atoms with Crippen LogP contribution in [-0.2, 0) is 6.42 Å². The van der Waals surface area contributed by atoms with Crippen molar-refractivity contribution in [3.63, 3.8) is 0 Å². The summed E-state index contributed by atoms with van der Waals surface area (Å²) < 4.78 is 16.0. The van der Waals surface area contributed by atoms with Gasteiger partial charge in [-0.2, -0.15) is 0 Å². The molecule has 2 rings (SSSR count). The van der Waals surface area contributed by atoms with Gasteiger partial charge < -0.3 is 19.5 Å². The van der Waals surface area contributed by atoms with Gasteiger partial charge in [-0.15, -0.1) is 0 Å². The molecule has 5 heteroatoms. The fourth-order valence-corrected chi connectivity index (χ4v) is 2.41. The van der Waals surface area contributed by atoms with Crippen molar-refractivity contribution in [1.29, 1.82) is 0 Å². The maximum Gasteiger partial charge on any atom is 0.251 e. The van der Waals surface area contributed by atoms with Gasteiger partial charge in [-0.3, -0.25) is 4.79 Å². The van der Waals surface area contributed by atoms with Crippen LogP contribution in [0.3, 0.4) is 0 Å².